The van der Waals surface area contributed by atoms with Crippen LogP contribution in [-0.2, 0) is 4.79 Å². The minimum absolute atomic E-state index is 0.130. The molecule has 4 nitrogen and oxygen atoms in total. The number of carbonyl (C=O) groups excluding carboxylic acids is 1. The third-order valence-electron chi connectivity index (χ3n) is 3.25. The van der Waals surface area contributed by atoms with Gasteiger partial charge in [0, 0.05) is 38.6 Å². The molecule has 16 heavy (non-hydrogen) atoms. The van der Waals surface area contributed by atoms with Crippen molar-refractivity contribution in [1.29, 1.82) is 0 Å². The Labute approximate surface area is 98.8 Å². The average Bonchev–Trinajstić information content (AvgIpc) is 2.75. The highest BCUT2D eigenvalue weighted by molar-refractivity contribution is 5.75. The van der Waals surface area contributed by atoms with Crippen molar-refractivity contribution in [1.82, 2.24) is 15.5 Å². The Kier molecular flexibility index (Phi) is 5.77. The molecule has 1 fully saturated rings. The maximum atomic E-state index is 11.2. The van der Waals surface area contributed by atoms with Crippen molar-refractivity contribution in [3.63, 3.8) is 0 Å². The lowest BCUT2D eigenvalue weighted by Gasteiger charge is -2.29. The van der Waals surface area contributed by atoms with E-state index >= 15 is 0 Å². The second kappa shape index (κ2) is 6.86. The summed E-state index contributed by atoms with van der Waals surface area (Å²) in [6.07, 6.45) is 3.15. The molecular weight excluding hydrogens is 202 g/mol. The molecule has 0 aromatic rings. The summed E-state index contributed by atoms with van der Waals surface area (Å²) in [5, 5.41) is 6.17. The summed E-state index contributed by atoms with van der Waals surface area (Å²) in [5.74, 6) is 0.130. The average molecular weight is 227 g/mol. The summed E-state index contributed by atoms with van der Waals surface area (Å²) in [5.41, 5.74) is 0. The molecule has 0 saturated carbocycles. The summed E-state index contributed by atoms with van der Waals surface area (Å²) in [4.78, 5) is 13.6. The zero-order chi connectivity index (χ0) is 12.0. The van der Waals surface area contributed by atoms with Crippen LogP contribution in [0.2, 0.25) is 0 Å². The molecule has 1 rings (SSSR count). The monoisotopic (exact) mass is 227 g/mol. The van der Waals surface area contributed by atoms with Gasteiger partial charge in [-0.1, -0.05) is 0 Å². The fraction of sp³-hybridized carbons (Fsp3) is 0.917. The van der Waals surface area contributed by atoms with Crippen molar-refractivity contribution in [2.75, 3.05) is 26.7 Å². The van der Waals surface area contributed by atoms with E-state index in [-0.39, 0.29) is 5.91 Å². The molecule has 4 heteroatoms. The number of rotatable bonds is 6. The first-order valence-electron chi connectivity index (χ1n) is 6.31. The maximum Gasteiger partial charge on any atom is 0.221 e. The van der Waals surface area contributed by atoms with Crippen LogP contribution in [0.25, 0.3) is 0 Å². The van der Waals surface area contributed by atoms with Gasteiger partial charge in [-0.05, 0) is 33.2 Å². The van der Waals surface area contributed by atoms with Crippen molar-refractivity contribution >= 4 is 5.91 Å². The molecule has 0 bridgehead atoms. The minimum atomic E-state index is 0.130. The second-order valence-corrected chi connectivity index (χ2v) is 4.81. The van der Waals surface area contributed by atoms with Crippen molar-refractivity contribution in [2.24, 2.45) is 0 Å². The van der Waals surface area contributed by atoms with E-state index in [1.54, 1.807) is 7.05 Å². The van der Waals surface area contributed by atoms with Crippen LogP contribution >= 0.6 is 0 Å². The molecule has 1 heterocycles. The smallest absolute Gasteiger partial charge is 0.221 e. The van der Waals surface area contributed by atoms with Gasteiger partial charge in [0.25, 0.3) is 0 Å². The molecule has 0 aliphatic carbocycles. The van der Waals surface area contributed by atoms with Gasteiger partial charge in [0.15, 0.2) is 0 Å². The van der Waals surface area contributed by atoms with Gasteiger partial charge in [-0.25, -0.2) is 0 Å². The molecule has 1 amide bonds. The van der Waals surface area contributed by atoms with Crippen molar-refractivity contribution in [3.8, 4) is 0 Å². The van der Waals surface area contributed by atoms with Crippen LogP contribution < -0.4 is 10.6 Å². The predicted molar refractivity (Wildman–Crippen MR) is 66.4 cm³/mol. The Bertz CT molecular complexity index is 212. The summed E-state index contributed by atoms with van der Waals surface area (Å²) in [6.45, 7) is 7.45. The second-order valence-electron chi connectivity index (χ2n) is 4.81. The minimum Gasteiger partial charge on any atom is -0.359 e. The Morgan fingerprint density at radius 3 is 2.81 bits per heavy atom. The van der Waals surface area contributed by atoms with Gasteiger partial charge in [0.2, 0.25) is 5.91 Å². The molecule has 1 atom stereocenters. The highest BCUT2D eigenvalue weighted by Gasteiger charge is 2.19. The molecule has 1 aliphatic heterocycles. The highest BCUT2D eigenvalue weighted by atomic mass is 16.1. The number of amides is 1. The molecule has 0 spiro atoms. The van der Waals surface area contributed by atoms with Gasteiger partial charge >= 0.3 is 0 Å². The van der Waals surface area contributed by atoms with Crippen LogP contribution in [0.4, 0.5) is 0 Å². The summed E-state index contributed by atoms with van der Waals surface area (Å²) >= 11 is 0. The fourth-order valence-corrected chi connectivity index (χ4v) is 2.13. The standard InChI is InChI=1S/C12H25N3O/c1-10(2)15(8-6-12(16)13-3)9-11-5-4-7-14-11/h10-11,14H,4-9H2,1-3H3,(H,13,16). The van der Waals surface area contributed by atoms with Gasteiger partial charge in [-0.2, -0.15) is 0 Å². The van der Waals surface area contributed by atoms with Crippen LogP contribution in [0.1, 0.15) is 33.1 Å². The van der Waals surface area contributed by atoms with E-state index in [1.165, 1.54) is 12.8 Å². The lowest BCUT2D eigenvalue weighted by Crippen LogP contribution is -2.42. The zero-order valence-electron chi connectivity index (χ0n) is 10.8. The molecule has 1 aliphatic rings. The summed E-state index contributed by atoms with van der Waals surface area (Å²) < 4.78 is 0. The van der Waals surface area contributed by atoms with E-state index in [1.807, 2.05) is 0 Å². The number of nitrogens with zero attached hydrogens (tertiary/aromatic N) is 1. The lowest BCUT2D eigenvalue weighted by atomic mass is 10.2. The molecule has 1 saturated heterocycles. The predicted octanol–water partition coefficient (Wildman–Crippen LogP) is 0.585. The van der Waals surface area contributed by atoms with Crippen LogP contribution in [0.15, 0.2) is 0 Å². The molecular formula is C12H25N3O. The van der Waals surface area contributed by atoms with Gasteiger partial charge in [-0.15, -0.1) is 0 Å². The third kappa shape index (κ3) is 4.49. The Morgan fingerprint density at radius 2 is 2.31 bits per heavy atom. The Balaban J connectivity index is 2.31. The SMILES string of the molecule is CNC(=O)CCN(CC1CCCN1)C(C)C. The molecule has 1 unspecified atom stereocenters. The van der Waals surface area contributed by atoms with E-state index in [2.05, 4.69) is 29.4 Å². The van der Waals surface area contributed by atoms with Gasteiger partial charge < -0.3 is 10.6 Å². The number of carbonyl (C=O) groups is 1. The van der Waals surface area contributed by atoms with E-state index in [0.29, 0.717) is 18.5 Å². The summed E-state index contributed by atoms with van der Waals surface area (Å²) in [7, 11) is 1.70. The van der Waals surface area contributed by atoms with E-state index in [9.17, 15) is 4.79 Å². The quantitative estimate of drug-likeness (QED) is 0.698. The van der Waals surface area contributed by atoms with Crippen LogP contribution in [0, 0.1) is 0 Å². The van der Waals surface area contributed by atoms with Crippen molar-refractivity contribution < 1.29 is 4.79 Å². The van der Waals surface area contributed by atoms with E-state index < -0.39 is 0 Å². The molecule has 0 aromatic carbocycles. The first-order chi connectivity index (χ1) is 7.63. The molecule has 94 valence electrons. The zero-order valence-corrected chi connectivity index (χ0v) is 10.8. The Morgan fingerprint density at radius 1 is 1.56 bits per heavy atom. The topological polar surface area (TPSA) is 44.4 Å². The first kappa shape index (κ1) is 13.5. The van der Waals surface area contributed by atoms with Crippen LogP contribution in [-0.4, -0.2) is 49.6 Å². The van der Waals surface area contributed by atoms with Crippen LogP contribution in [0.3, 0.4) is 0 Å². The van der Waals surface area contributed by atoms with Gasteiger partial charge in [0.1, 0.15) is 0 Å². The van der Waals surface area contributed by atoms with Crippen molar-refractivity contribution in [2.45, 2.75) is 45.2 Å². The van der Waals surface area contributed by atoms with E-state index in [0.717, 1.165) is 19.6 Å². The number of hydrogen-bond acceptors (Lipinski definition) is 3. The highest BCUT2D eigenvalue weighted by Crippen LogP contribution is 2.09. The summed E-state index contributed by atoms with van der Waals surface area (Å²) in [6, 6.07) is 1.12. The first-order valence-corrected chi connectivity index (χ1v) is 6.31. The third-order valence-corrected chi connectivity index (χ3v) is 3.25. The number of nitrogens with one attached hydrogen (secondary N) is 2. The molecule has 0 aromatic heterocycles. The van der Waals surface area contributed by atoms with E-state index in [4.69, 9.17) is 0 Å². The molecule has 0 radical (unpaired) electrons. The van der Waals surface area contributed by atoms with Gasteiger partial charge in [-0.3, -0.25) is 9.69 Å². The van der Waals surface area contributed by atoms with Gasteiger partial charge in [0.05, 0.1) is 0 Å². The Hall–Kier alpha value is -0.610. The largest absolute Gasteiger partial charge is 0.359 e. The fourth-order valence-electron chi connectivity index (χ4n) is 2.13. The van der Waals surface area contributed by atoms with Crippen molar-refractivity contribution in [3.05, 3.63) is 0 Å². The maximum absolute atomic E-state index is 11.2. The normalized spacial score (nSPS) is 20.7. The molecule has 2 N–H and O–H groups in total. The number of hydrogen-bond donors (Lipinski definition) is 2. The van der Waals surface area contributed by atoms with Crippen LogP contribution in [0.5, 0.6) is 0 Å². The lowest BCUT2D eigenvalue weighted by molar-refractivity contribution is -0.121.